The van der Waals surface area contributed by atoms with Gasteiger partial charge in [0.25, 0.3) is 5.56 Å². The van der Waals surface area contributed by atoms with Gasteiger partial charge in [-0.1, -0.05) is 6.07 Å². The van der Waals surface area contributed by atoms with E-state index in [4.69, 9.17) is 4.74 Å². The van der Waals surface area contributed by atoms with Gasteiger partial charge in [-0.3, -0.25) is 14.3 Å². The molecule has 3 heterocycles. The molecule has 0 saturated carbocycles. The number of hydrogen-bond acceptors (Lipinski definition) is 4. The summed E-state index contributed by atoms with van der Waals surface area (Å²) in [6, 6.07) is 4.88. The number of aromatic nitrogens is 3. The number of carbonyl (C=O) groups excluding carboxylic acids is 1. The predicted octanol–water partition coefficient (Wildman–Crippen LogP) is 0.744. The van der Waals surface area contributed by atoms with Crippen molar-refractivity contribution < 1.29 is 9.53 Å². The first-order chi connectivity index (χ1) is 11.6. The van der Waals surface area contributed by atoms with Crippen molar-refractivity contribution in [3.05, 3.63) is 52.2 Å². The number of fused-ring (bicyclic) bond motifs is 1. The Bertz CT molecular complexity index is 780. The van der Waals surface area contributed by atoms with E-state index in [1.54, 1.807) is 27.9 Å². The monoisotopic (exact) mass is 330 g/mol. The zero-order valence-electron chi connectivity index (χ0n) is 14.0. The SMILES string of the molecule is CCOCC1CN(C(=O)Cn2ccccc2=O)Cc2cn(C)nc21. The van der Waals surface area contributed by atoms with Crippen molar-refractivity contribution in [1.29, 1.82) is 0 Å². The molecule has 2 aromatic heterocycles. The summed E-state index contributed by atoms with van der Waals surface area (Å²) >= 11 is 0. The Hall–Kier alpha value is -2.41. The number of pyridine rings is 1. The molecule has 0 radical (unpaired) electrons. The van der Waals surface area contributed by atoms with Gasteiger partial charge in [-0.15, -0.1) is 0 Å². The maximum Gasteiger partial charge on any atom is 0.250 e. The van der Waals surface area contributed by atoms with Crippen molar-refractivity contribution in [2.75, 3.05) is 19.8 Å². The van der Waals surface area contributed by atoms with Gasteiger partial charge >= 0.3 is 0 Å². The van der Waals surface area contributed by atoms with Gasteiger partial charge in [-0.05, 0) is 13.0 Å². The number of amides is 1. The summed E-state index contributed by atoms with van der Waals surface area (Å²) in [5.74, 6) is -0.00866. The lowest BCUT2D eigenvalue weighted by atomic mass is 9.97. The number of rotatable bonds is 5. The molecule has 7 heteroatoms. The van der Waals surface area contributed by atoms with Gasteiger partial charge in [0.15, 0.2) is 0 Å². The molecule has 1 amide bonds. The van der Waals surface area contributed by atoms with Gasteiger partial charge in [0.05, 0.1) is 12.3 Å². The van der Waals surface area contributed by atoms with Crippen LogP contribution in [0.1, 0.15) is 24.1 Å². The van der Waals surface area contributed by atoms with Gasteiger partial charge in [-0.25, -0.2) is 0 Å². The Morgan fingerprint density at radius 3 is 3.00 bits per heavy atom. The van der Waals surface area contributed by atoms with E-state index in [2.05, 4.69) is 5.10 Å². The Labute approximate surface area is 140 Å². The molecule has 0 fully saturated rings. The number of hydrogen-bond donors (Lipinski definition) is 0. The van der Waals surface area contributed by atoms with Crippen molar-refractivity contribution in [3.8, 4) is 0 Å². The largest absolute Gasteiger partial charge is 0.381 e. The van der Waals surface area contributed by atoms with Crippen LogP contribution in [0.4, 0.5) is 0 Å². The molecule has 24 heavy (non-hydrogen) atoms. The van der Waals surface area contributed by atoms with Crippen molar-refractivity contribution >= 4 is 5.91 Å². The number of ether oxygens (including phenoxy) is 1. The van der Waals surface area contributed by atoms with Crippen molar-refractivity contribution in [3.63, 3.8) is 0 Å². The summed E-state index contributed by atoms with van der Waals surface area (Å²) in [5, 5.41) is 4.52. The highest BCUT2D eigenvalue weighted by Gasteiger charge is 2.30. The first-order valence-electron chi connectivity index (χ1n) is 8.12. The summed E-state index contributed by atoms with van der Waals surface area (Å²) in [4.78, 5) is 26.2. The second kappa shape index (κ2) is 7.00. The molecule has 0 N–H and O–H groups in total. The second-order valence-electron chi connectivity index (χ2n) is 6.01. The van der Waals surface area contributed by atoms with Crippen molar-refractivity contribution in [1.82, 2.24) is 19.2 Å². The fourth-order valence-corrected chi connectivity index (χ4v) is 3.06. The molecule has 1 aliphatic heterocycles. The quantitative estimate of drug-likeness (QED) is 0.811. The van der Waals surface area contributed by atoms with E-state index in [9.17, 15) is 9.59 Å². The van der Waals surface area contributed by atoms with Gasteiger partial charge < -0.3 is 14.2 Å². The van der Waals surface area contributed by atoms with Crippen LogP contribution < -0.4 is 5.56 Å². The minimum absolute atomic E-state index is 0.0522. The van der Waals surface area contributed by atoms with Gasteiger partial charge in [0.1, 0.15) is 6.54 Å². The molecule has 0 saturated heterocycles. The average Bonchev–Trinajstić information content (AvgIpc) is 2.94. The highest BCUT2D eigenvalue weighted by Crippen LogP contribution is 2.27. The molecule has 0 aliphatic carbocycles. The Morgan fingerprint density at radius 2 is 2.25 bits per heavy atom. The molecule has 0 spiro atoms. The standard InChI is InChI=1S/C17H22N4O3/c1-3-24-12-14-10-21(9-13-8-19(2)18-17(13)14)16(23)11-20-7-5-4-6-15(20)22/h4-8,14H,3,9-12H2,1-2H3. The molecule has 1 aliphatic rings. The lowest BCUT2D eigenvalue weighted by molar-refractivity contribution is -0.133. The number of nitrogens with zero attached hydrogens (tertiary/aromatic N) is 4. The van der Waals surface area contributed by atoms with Gasteiger partial charge in [0.2, 0.25) is 5.91 Å². The zero-order valence-corrected chi connectivity index (χ0v) is 14.0. The molecule has 1 unspecified atom stereocenters. The van der Waals surface area contributed by atoms with E-state index in [1.807, 2.05) is 20.2 Å². The first kappa shape index (κ1) is 16.4. The third-order valence-corrected chi connectivity index (χ3v) is 4.21. The van der Waals surface area contributed by atoms with Gasteiger partial charge in [-0.2, -0.15) is 5.10 Å². The van der Waals surface area contributed by atoms with E-state index in [0.717, 1.165) is 11.3 Å². The molecule has 128 valence electrons. The maximum atomic E-state index is 12.7. The molecule has 0 aromatic carbocycles. The van der Waals surface area contributed by atoms with Crippen LogP contribution in [0, 0.1) is 0 Å². The Kier molecular flexibility index (Phi) is 4.80. The van der Waals surface area contributed by atoms with E-state index in [0.29, 0.717) is 26.3 Å². The topological polar surface area (TPSA) is 69.4 Å². The second-order valence-corrected chi connectivity index (χ2v) is 6.01. The molecular weight excluding hydrogens is 308 g/mol. The maximum absolute atomic E-state index is 12.7. The minimum atomic E-state index is -0.171. The molecule has 7 nitrogen and oxygen atoms in total. The lowest BCUT2D eigenvalue weighted by Gasteiger charge is -2.32. The summed E-state index contributed by atoms with van der Waals surface area (Å²) in [5.41, 5.74) is 1.88. The smallest absolute Gasteiger partial charge is 0.250 e. The number of aryl methyl sites for hydroxylation is 1. The van der Waals surface area contributed by atoms with E-state index in [-0.39, 0.29) is 23.9 Å². The number of carbonyl (C=O) groups is 1. The molecule has 2 aromatic rings. The van der Waals surface area contributed by atoms with Crippen LogP contribution >= 0.6 is 0 Å². The first-order valence-corrected chi connectivity index (χ1v) is 8.12. The predicted molar refractivity (Wildman–Crippen MR) is 88.6 cm³/mol. The van der Waals surface area contributed by atoms with E-state index < -0.39 is 0 Å². The summed E-state index contributed by atoms with van der Waals surface area (Å²) < 4.78 is 8.77. The third-order valence-electron chi connectivity index (χ3n) is 4.21. The van der Waals surface area contributed by atoms with Gasteiger partial charge in [0, 0.05) is 56.7 Å². The zero-order chi connectivity index (χ0) is 17.1. The fraction of sp³-hybridized carbons (Fsp3) is 0.471. The van der Waals surface area contributed by atoms with Crippen molar-refractivity contribution in [2.24, 2.45) is 7.05 Å². The van der Waals surface area contributed by atoms with Crippen LogP contribution in [0.5, 0.6) is 0 Å². The van der Waals surface area contributed by atoms with E-state index >= 15 is 0 Å². The average molecular weight is 330 g/mol. The molecular formula is C17H22N4O3. The highest BCUT2D eigenvalue weighted by atomic mass is 16.5. The van der Waals surface area contributed by atoms with Crippen LogP contribution in [0.15, 0.2) is 35.4 Å². The van der Waals surface area contributed by atoms with Crippen LogP contribution in [-0.4, -0.2) is 44.9 Å². The molecule has 0 bridgehead atoms. The van der Waals surface area contributed by atoms with E-state index in [1.165, 1.54) is 10.6 Å². The summed E-state index contributed by atoms with van der Waals surface area (Å²) in [7, 11) is 1.88. The van der Waals surface area contributed by atoms with Crippen LogP contribution in [-0.2, 0) is 29.7 Å². The Balaban J connectivity index is 1.78. The normalized spacial score (nSPS) is 16.9. The fourth-order valence-electron chi connectivity index (χ4n) is 3.06. The molecule has 3 rings (SSSR count). The minimum Gasteiger partial charge on any atom is -0.381 e. The van der Waals surface area contributed by atoms with Crippen LogP contribution in [0.25, 0.3) is 0 Å². The molecule has 1 atom stereocenters. The van der Waals surface area contributed by atoms with Crippen LogP contribution in [0.3, 0.4) is 0 Å². The highest BCUT2D eigenvalue weighted by molar-refractivity contribution is 5.76. The third kappa shape index (κ3) is 3.41. The lowest BCUT2D eigenvalue weighted by Crippen LogP contribution is -2.42. The van der Waals surface area contributed by atoms with Crippen molar-refractivity contribution in [2.45, 2.75) is 25.9 Å². The summed E-state index contributed by atoms with van der Waals surface area (Å²) in [6.07, 6.45) is 3.58. The van der Waals surface area contributed by atoms with Crippen LogP contribution in [0.2, 0.25) is 0 Å². The Morgan fingerprint density at radius 1 is 1.42 bits per heavy atom. The summed E-state index contributed by atoms with van der Waals surface area (Å²) in [6.45, 7) is 4.25.